The largest absolute Gasteiger partial charge is 0.271 e. The number of carbonyl (C=O) groups is 1. The van der Waals surface area contributed by atoms with Crippen LogP contribution >= 0.6 is 0 Å². The van der Waals surface area contributed by atoms with Gasteiger partial charge in [-0.2, -0.15) is 14.7 Å². The molecular weight excluding hydrogens is 364 g/mol. The predicted octanol–water partition coefficient (Wildman–Crippen LogP) is 2.11. The van der Waals surface area contributed by atoms with Crippen LogP contribution in [0.1, 0.15) is 34.3 Å². The van der Waals surface area contributed by atoms with Crippen molar-refractivity contribution in [2.24, 2.45) is 5.10 Å². The van der Waals surface area contributed by atoms with Gasteiger partial charge in [0, 0.05) is 18.7 Å². The zero-order chi connectivity index (χ0) is 19.3. The summed E-state index contributed by atoms with van der Waals surface area (Å²) in [5.74, 6) is -0.502. The van der Waals surface area contributed by atoms with Crippen molar-refractivity contribution in [3.63, 3.8) is 0 Å². The fraction of sp³-hybridized carbons (Fsp3) is 0.211. The van der Waals surface area contributed by atoms with Gasteiger partial charge < -0.3 is 0 Å². The number of rotatable bonds is 5. The topological polar surface area (TPSA) is 103 Å². The Kier molecular flexibility index (Phi) is 5.64. The highest BCUT2D eigenvalue weighted by atomic mass is 32.2. The smallest absolute Gasteiger partial charge is 0.267 e. The van der Waals surface area contributed by atoms with Crippen molar-refractivity contribution in [3.8, 4) is 6.07 Å². The number of nitriles is 1. The Bertz CT molecular complexity index is 1000. The van der Waals surface area contributed by atoms with E-state index < -0.39 is 15.9 Å². The Hall–Kier alpha value is -3.02. The first kappa shape index (κ1) is 18.8. The molecule has 2 aromatic rings. The number of hydrogen-bond acceptors (Lipinski definition) is 5. The third kappa shape index (κ3) is 4.39. The second-order valence-corrected chi connectivity index (χ2v) is 8.01. The second kappa shape index (κ2) is 8.12. The van der Waals surface area contributed by atoms with Crippen LogP contribution in [0.15, 0.2) is 58.5 Å². The minimum atomic E-state index is -3.58. The van der Waals surface area contributed by atoms with Crippen molar-refractivity contribution in [1.82, 2.24) is 9.73 Å². The second-order valence-electron chi connectivity index (χ2n) is 6.07. The van der Waals surface area contributed by atoms with Crippen molar-refractivity contribution in [2.75, 3.05) is 13.1 Å². The van der Waals surface area contributed by atoms with Crippen LogP contribution in [0.25, 0.3) is 0 Å². The first-order chi connectivity index (χ1) is 13.0. The number of benzene rings is 2. The summed E-state index contributed by atoms with van der Waals surface area (Å²) in [5.41, 5.74) is 3.85. The lowest BCUT2D eigenvalue weighted by atomic mass is 10.2. The monoisotopic (exact) mass is 382 g/mol. The summed E-state index contributed by atoms with van der Waals surface area (Å²) in [5, 5.41) is 12.6. The van der Waals surface area contributed by atoms with Crippen molar-refractivity contribution < 1.29 is 13.2 Å². The van der Waals surface area contributed by atoms with Crippen LogP contribution in [0.2, 0.25) is 0 Å². The Labute approximate surface area is 158 Å². The molecule has 0 spiro atoms. The molecule has 1 heterocycles. The molecule has 27 heavy (non-hydrogen) atoms. The Morgan fingerprint density at radius 3 is 2.52 bits per heavy atom. The van der Waals surface area contributed by atoms with Crippen molar-refractivity contribution >= 4 is 22.1 Å². The Balaban J connectivity index is 1.70. The Morgan fingerprint density at radius 1 is 1.15 bits per heavy atom. The lowest BCUT2D eigenvalue weighted by Crippen LogP contribution is -2.28. The number of nitrogens with one attached hydrogen (secondary N) is 1. The summed E-state index contributed by atoms with van der Waals surface area (Å²) >= 11 is 0. The van der Waals surface area contributed by atoms with Crippen molar-refractivity contribution in [1.29, 1.82) is 5.26 Å². The van der Waals surface area contributed by atoms with E-state index in [0.717, 1.165) is 18.4 Å². The third-order valence-corrected chi connectivity index (χ3v) is 6.11. The standard InChI is InChI=1S/C19H18N4O3S/c20-13-15-6-8-16(9-7-15)14-21-22-19(24)17-4-3-5-18(12-17)27(25,26)23-10-1-2-11-23/h3-9,12,14H,1-2,10-11H2,(H,22,24). The molecule has 1 aliphatic rings. The molecule has 3 rings (SSSR count). The van der Waals surface area contributed by atoms with E-state index in [4.69, 9.17) is 5.26 Å². The molecule has 0 bridgehead atoms. The first-order valence-electron chi connectivity index (χ1n) is 8.44. The minimum Gasteiger partial charge on any atom is -0.267 e. The van der Waals surface area contributed by atoms with E-state index in [2.05, 4.69) is 10.5 Å². The van der Waals surface area contributed by atoms with Crippen LogP contribution in [0.3, 0.4) is 0 Å². The molecule has 8 heteroatoms. The summed E-state index contributed by atoms with van der Waals surface area (Å²) in [6.45, 7) is 1.02. The van der Waals surface area contributed by atoms with Gasteiger partial charge in [0.1, 0.15) is 0 Å². The highest BCUT2D eigenvalue weighted by Crippen LogP contribution is 2.21. The molecule has 0 atom stereocenters. The van der Waals surface area contributed by atoms with Crippen LogP contribution in [-0.2, 0) is 10.0 Å². The zero-order valence-corrected chi connectivity index (χ0v) is 15.3. The molecular formula is C19H18N4O3S. The third-order valence-electron chi connectivity index (χ3n) is 4.22. The van der Waals surface area contributed by atoms with Gasteiger partial charge in [-0.3, -0.25) is 4.79 Å². The van der Waals surface area contributed by atoms with E-state index >= 15 is 0 Å². The van der Waals surface area contributed by atoms with Crippen LogP contribution in [0.5, 0.6) is 0 Å². The maximum atomic E-state index is 12.6. The molecule has 7 nitrogen and oxygen atoms in total. The van der Waals surface area contributed by atoms with Gasteiger partial charge >= 0.3 is 0 Å². The lowest BCUT2D eigenvalue weighted by molar-refractivity contribution is 0.0955. The molecule has 0 radical (unpaired) electrons. The summed E-state index contributed by atoms with van der Waals surface area (Å²) in [6.07, 6.45) is 3.15. The van der Waals surface area contributed by atoms with Gasteiger partial charge in [0.2, 0.25) is 10.0 Å². The van der Waals surface area contributed by atoms with E-state index in [1.807, 2.05) is 6.07 Å². The molecule has 0 aliphatic carbocycles. The highest BCUT2D eigenvalue weighted by Gasteiger charge is 2.27. The van der Waals surface area contributed by atoms with Crippen molar-refractivity contribution in [2.45, 2.75) is 17.7 Å². The van der Waals surface area contributed by atoms with Gasteiger partial charge in [0.05, 0.1) is 22.7 Å². The van der Waals surface area contributed by atoms with E-state index in [0.29, 0.717) is 18.7 Å². The van der Waals surface area contributed by atoms with Gasteiger partial charge in [-0.1, -0.05) is 18.2 Å². The summed E-state index contributed by atoms with van der Waals surface area (Å²) in [6, 6.07) is 14.7. The summed E-state index contributed by atoms with van der Waals surface area (Å²) < 4.78 is 26.6. The van der Waals surface area contributed by atoms with Gasteiger partial charge in [0.25, 0.3) is 5.91 Å². The van der Waals surface area contributed by atoms with Gasteiger partial charge in [0.15, 0.2) is 0 Å². The number of sulfonamides is 1. The number of hydrogen-bond donors (Lipinski definition) is 1. The zero-order valence-electron chi connectivity index (χ0n) is 14.5. The van der Waals surface area contributed by atoms with Crippen LogP contribution < -0.4 is 5.43 Å². The number of carbonyl (C=O) groups excluding carboxylic acids is 1. The fourth-order valence-corrected chi connectivity index (χ4v) is 4.31. The number of amides is 1. The molecule has 138 valence electrons. The van der Waals surface area contributed by atoms with Crippen molar-refractivity contribution in [3.05, 3.63) is 65.2 Å². The van der Waals surface area contributed by atoms with Gasteiger partial charge in [-0.05, 0) is 48.7 Å². The van der Waals surface area contributed by atoms with Crippen LogP contribution in [0, 0.1) is 11.3 Å². The van der Waals surface area contributed by atoms with Gasteiger partial charge in [-0.15, -0.1) is 0 Å². The lowest BCUT2D eigenvalue weighted by Gasteiger charge is -2.15. The van der Waals surface area contributed by atoms with E-state index in [1.165, 1.54) is 28.7 Å². The Morgan fingerprint density at radius 2 is 1.85 bits per heavy atom. The molecule has 1 saturated heterocycles. The number of nitrogens with zero attached hydrogens (tertiary/aromatic N) is 3. The average molecular weight is 382 g/mol. The SMILES string of the molecule is N#Cc1ccc(C=NNC(=O)c2cccc(S(=O)(=O)N3CCCC3)c2)cc1. The molecule has 1 N–H and O–H groups in total. The number of hydrazone groups is 1. The van der Waals surface area contributed by atoms with E-state index in [1.54, 1.807) is 30.3 Å². The van der Waals surface area contributed by atoms with E-state index in [-0.39, 0.29) is 10.5 Å². The van der Waals surface area contributed by atoms with Crippen LogP contribution in [0.4, 0.5) is 0 Å². The average Bonchev–Trinajstić information content (AvgIpc) is 3.24. The fourth-order valence-electron chi connectivity index (χ4n) is 2.75. The maximum Gasteiger partial charge on any atom is 0.271 e. The van der Waals surface area contributed by atoms with E-state index in [9.17, 15) is 13.2 Å². The molecule has 2 aromatic carbocycles. The molecule has 0 unspecified atom stereocenters. The van der Waals surface area contributed by atoms with Gasteiger partial charge in [-0.25, -0.2) is 13.8 Å². The maximum absolute atomic E-state index is 12.6. The molecule has 1 fully saturated rings. The predicted molar refractivity (Wildman–Crippen MR) is 101 cm³/mol. The first-order valence-corrected chi connectivity index (χ1v) is 9.88. The summed E-state index contributed by atoms with van der Waals surface area (Å²) in [7, 11) is -3.58. The normalized spacial score (nSPS) is 14.9. The molecule has 0 aromatic heterocycles. The molecule has 1 amide bonds. The highest BCUT2D eigenvalue weighted by molar-refractivity contribution is 7.89. The summed E-state index contributed by atoms with van der Waals surface area (Å²) in [4.78, 5) is 12.4. The molecule has 1 aliphatic heterocycles. The quantitative estimate of drug-likeness (QED) is 0.632. The molecule has 0 saturated carbocycles. The minimum absolute atomic E-state index is 0.105. The van der Waals surface area contributed by atoms with Crippen LogP contribution in [-0.4, -0.2) is 37.9 Å².